The van der Waals surface area contributed by atoms with Gasteiger partial charge in [-0.15, -0.1) is 6.58 Å². The van der Waals surface area contributed by atoms with Crippen molar-refractivity contribution in [3.8, 4) is 0 Å². The minimum Gasteiger partial charge on any atom is -0.316 e. The number of rotatable bonds is 12. The van der Waals surface area contributed by atoms with E-state index in [4.69, 9.17) is 4.74 Å². The second-order valence-corrected chi connectivity index (χ2v) is 10.6. The summed E-state index contributed by atoms with van der Waals surface area (Å²) in [4.78, 5) is 0. The molecule has 2 atom stereocenters. The molecule has 1 aliphatic heterocycles. The fraction of sp³-hybridized carbons (Fsp3) is 0.926. The molecule has 3 fully saturated rings. The van der Waals surface area contributed by atoms with E-state index in [0.29, 0.717) is 11.8 Å². The van der Waals surface area contributed by atoms with E-state index < -0.39 is 12.0 Å². The number of unbranched alkanes of at least 4 members (excludes halogenated alkanes) is 7. The van der Waals surface area contributed by atoms with E-state index in [1.807, 2.05) is 6.08 Å². The van der Waals surface area contributed by atoms with Crippen molar-refractivity contribution in [1.29, 1.82) is 0 Å². The summed E-state index contributed by atoms with van der Waals surface area (Å²) in [5, 5.41) is 0. The lowest BCUT2D eigenvalue weighted by Crippen LogP contribution is -2.61. The highest BCUT2D eigenvalue weighted by atomic mass is 19.3. The van der Waals surface area contributed by atoms with Crippen molar-refractivity contribution in [2.75, 3.05) is 0 Å². The van der Waals surface area contributed by atoms with Crippen LogP contribution < -0.4 is 0 Å². The summed E-state index contributed by atoms with van der Waals surface area (Å²) >= 11 is 0. The van der Waals surface area contributed by atoms with Crippen LogP contribution >= 0.6 is 0 Å². The molecular formula is C27H46F2O. The minimum atomic E-state index is -2.88. The molecule has 0 aromatic rings. The second kappa shape index (κ2) is 12.0. The van der Waals surface area contributed by atoms with Crippen LogP contribution in [0.4, 0.5) is 8.78 Å². The van der Waals surface area contributed by atoms with Crippen LogP contribution in [0.1, 0.15) is 116 Å². The van der Waals surface area contributed by atoms with Crippen LogP contribution in [0.15, 0.2) is 12.7 Å². The Hall–Kier alpha value is -0.440. The van der Waals surface area contributed by atoms with E-state index in [-0.39, 0.29) is 12.0 Å². The Morgan fingerprint density at radius 1 is 0.800 bits per heavy atom. The summed E-state index contributed by atoms with van der Waals surface area (Å²) in [6, 6.07) is 0. The summed E-state index contributed by atoms with van der Waals surface area (Å²) in [6.07, 6.45) is 19.9. The Labute approximate surface area is 184 Å². The average molecular weight is 425 g/mol. The van der Waals surface area contributed by atoms with Crippen LogP contribution in [0, 0.1) is 29.6 Å². The lowest BCUT2D eigenvalue weighted by Gasteiger charge is -2.53. The van der Waals surface area contributed by atoms with Gasteiger partial charge in [-0.25, -0.2) is 0 Å². The van der Waals surface area contributed by atoms with Crippen molar-refractivity contribution in [2.24, 2.45) is 29.6 Å². The molecule has 2 aliphatic carbocycles. The first kappa shape index (κ1) is 24.2. The largest absolute Gasteiger partial charge is 0.361 e. The summed E-state index contributed by atoms with van der Waals surface area (Å²) in [5.74, 6) is 1.33. The molecule has 2 saturated carbocycles. The van der Waals surface area contributed by atoms with Crippen LogP contribution in [0.2, 0.25) is 0 Å². The highest BCUT2D eigenvalue weighted by molar-refractivity contribution is 4.99. The van der Waals surface area contributed by atoms with E-state index in [1.165, 1.54) is 70.6 Å². The van der Waals surface area contributed by atoms with E-state index in [2.05, 4.69) is 13.5 Å². The lowest BCUT2D eigenvalue weighted by atomic mass is 9.66. The van der Waals surface area contributed by atoms with Crippen molar-refractivity contribution < 1.29 is 13.5 Å². The molecule has 0 radical (unpaired) electrons. The Morgan fingerprint density at radius 2 is 1.37 bits per heavy atom. The van der Waals surface area contributed by atoms with Gasteiger partial charge in [0.25, 0.3) is 0 Å². The zero-order chi connectivity index (χ0) is 21.4. The second-order valence-electron chi connectivity index (χ2n) is 10.6. The van der Waals surface area contributed by atoms with Gasteiger partial charge in [-0.3, -0.25) is 0 Å². The van der Waals surface area contributed by atoms with Crippen LogP contribution in [-0.2, 0) is 4.74 Å². The van der Waals surface area contributed by atoms with Gasteiger partial charge in [-0.2, -0.15) is 8.78 Å². The maximum Gasteiger partial charge on any atom is 0.361 e. The fourth-order valence-corrected chi connectivity index (χ4v) is 6.50. The Balaban J connectivity index is 1.33. The minimum absolute atomic E-state index is 0.144. The molecule has 0 amide bonds. The fourth-order valence-electron chi connectivity index (χ4n) is 6.50. The molecule has 0 spiro atoms. The van der Waals surface area contributed by atoms with Crippen LogP contribution in [0.5, 0.6) is 0 Å². The van der Waals surface area contributed by atoms with E-state index in [0.717, 1.165) is 44.4 Å². The van der Waals surface area contributed by atoms with Crippen LogP contribution in [-0.4, -0.2) is 12.2 Å². The van der Waals surface area contributed by atoms with Gasteiger partial charge in [0, 0.05) is 0 Å². The molecule has 0 aromatic carbocycles. The maximum absolute atomic E-state index is 14.3. The van der Waals surface area contributed by atoms with Crippen molar-refractivity contribution in [2.45, 2.75) is 128 Å². The predicted molar refractivity (Wildman–Crippen MR) is 122 cm³/mol. The number of halogens is 2. The van der Waals surface area contributed by atoms with Gasteiger partial charge in [-0.05, 0) is 62.2 Å². The number of hydrogen-bond acceptors (Lipinski definition) is 1. The summed E-state index contributed by atoms with van der Waals surface area (Å²) in [6.45, 7) is 6.16. The van der Waals surface area contributed by atoms with Crippen LogP contribution in [0.3, 0.4) is 0 Å². The highest BCUT2D eigenvalue weighted by Gasteiger charge is 2.62. The molecule has 1 heterocycles. The molecule has 3 aliphatic rings. The zero-order valence-electron chi connectivity index (χ0n) is 19.4. The monoisotopic (exact) mass is 424 g/mol. The number of hydrogen-bond donors (Lipinski definition) is 0. The molecule has 0 unspecified atom stereocenters. The third-order valence-corrected chi connectivity index (χ3v) is 8.51. The molecule has 0 bridgehead atoms. The Morgan fingerprint density at radius 3 is 1.93 bits per heavy atom. The van der Waals surface area contributed by atoms with Gasteiger partial charge in [0.15, 0.2) is 0 Å². The molecule has 30 heavy (non-hydrogen) atoms. The molecule has 0 N–H and O–H groups in total. The SMILES string of the molecule is C=CC1CCC([C@H]2[C@H](C3CCC(CCCCCCCCCC)CC3)OC2(F)F)CC1. The Bertz CT molecular complexity index is 489. The van der Waals surface area contributed by atoms with E-state index in [9.17, 15) is 8.78 Å². The molecule has 1 saturated heterocycles. The smallest absolute Gasteiger partial charge is 0.316 e. The molecule has 0 aromatic heterocycles. The van der Waals surface area contributed by atoms with Crippen LogP contribution in [0.25, 0.3) is 0 Å². The van der Waals surface area contributed by atoms with Gasteiger partial charge in [0.2, 0.25) is 0 Å². The van der Waals surface area contributed by atoms with Gasteiger partial charge in [-0.1, -0.05) is 83.6 Å². The molecule has 3 rings (SSSR count). The summed E-state index contributed by atoms with van der Waals surface area (Å²) < 4.78 is 33.9. The molecular weight excluding hydrogens is 378 g/mol. The first-order valence-electron chi connectivity index (χ1n) is 13.2. The summed E-state index contributed by atoms with van der Waals surface area (Å²) in [5.41, 5.74) is 0. The topological polar surface area (TPSA) is 9.23 Å². The third-order valence-electron chi connectivity index (χ3n) is 8.51. The highest BCUT2D eigenvalue weighted by Crippen LogP contribution is 2.55. The maximum atomic E-state index is 14.3. The van der Waals surface area contributed by atoms with Crippen molar-refractivity contribution >= 4 is 0 Å². The summed E-state index contributed by atoms with van der Waals surface area (Å²) in [7, 11) is 0. The molecule has 174 valence electrons. The van der Waals surface area contributed by atoms with Gasteiger partial charge in [0.05, 0.1) is 12.0 Å². The number of allylic oxidation sites excluding steroid dienone is 1. The first-order valence-corrected chi connectivity index (χ1v) is 13.2. The standard InChI is InChI=1S/C27H46F2O/c1-3-5-6-7-8-9-10-11-12-22-15-19-24(20-16-22)26-25(27(28,29)30-26)23-17-13-21(4-2)14-18-23/h4,21-26H,2-3,5-20H2,1H3/t21?,22?,23?,24?,25-,26-/m0/s1. The van der Waals surface area contributed by atoms with Gasteiger partial charge < -0.3 is 4.74 Å². The lowest BCUT2D eigenvalue weighted by molar-refractivity contribution is -0.418. The van der Waals surface area contributed by atoms with Gasteiger partial charge >= 0.3 is 6.11 Å². The van der Waals surface area contributed by atoms with Crippen molar-refractivity contribution in [1.82, 2.24) is 0 Å². The quantitative estimate of drug-likeness (QED) is 0.224. The Kier molecular flexibility index (Phi) is 9.66. The number of ether oxygens (including phenoxy) is 1. The predicted octanol–water partition coefficient (Wildman–Crippen LogP) is 8.92. The normalized spacial score (nSPS) is 36.2. The van der Waals surface area contributed by atoms with Crippen molar-refractivity contribution in [3.63, 3.8) is 0 Å². The van der Waals surface area contributed by atoms with Gasteiger partial charge in [0.1, 0.15) is 0 Å². The molecule has 1 nitrogen and oxygen atoms in total. The first-order chi connectivity index (χ1) is 14.5. The van der Waals surface area contributed by atoms with E-state index >= 15 is 0 Å². The average Bonchev–Trinajstić information content (AvgIpc) is 2.75. The third kappa shape index (κ3) is 6.53. The van der Waals surface area contributed by atoms with E-state index in [1.54, 1.807) is 0 Å². The zero-order valence-corrected chi connectivity index (χ0v) is 19.4. The van der Waals surface area contributed by atoms with Crippen molar-refractivity contribution in [3.05, 3.63) is 12.7 Å². The number of alkyl halides is 2. The molecule has 3 heteroatoms.